The van der Waals surface area contributed by atoms with Crippen LogP contribution in [-0.2, 0) is 11.2 Å². The molecule has 0 radical (unpaired) electrons. The number of alkyl halides is 3. The first-order valence-electron chi connectivity index (χ1n) is 5.80. The zero-order valence-corrected chi connectivity index (χ0v) is 10.1. The molecule has 0 aliphatic carbocycles. The van der Waals surface area contributed by atoms with Crippen molar-refractivity contribution in [3.63, 3.8) is 0 Å². The second-order valence-electron chi connectivity index (χ2n) is 4.44. The maximum absolute atomic E-state index is 12.8. The van der Waals surface area contributed by atoms with Gasteiger partial charge < -0.3 is 9.47 Å². The third-order valence-corrected chi connectivity index (χ3v) is 3.38. The molecule has 100 valence electrons. The second kappa shape index (κ2) is 4.80. The lowest BCUT2D eigenvalue weighted by Gasteiger charge is -2.43. The van der Waals surface area contributed by atoms with E-state index in [1.54, 1.807) is 31.4 Å². The minimum absolute atomic E-state index is 0.0250. The summed E-state index contributed by atoms with van der Waals surface area (Å²) in [5.41, 5.74) is -1.07. The van der Waals surface area contributed by atoms with E-state index in [4.69, 9.17) is 9.47 Å². The number of halogens is 3. The van der Waals surface area contributed by atoms with Gasteiger partial charge in [-0.15, -0.1) is 0 Å². The molecular formula is C13H15F3O2. The molecule has 0 N–H and O–H groups in total. The van der Waals surface area contributed by atoms with E-state index >= 15 is 0 Å². The molecule has 0 bridgehead atoms. The van der Waals surface area contributed by atoms with Crippen molar-refractivity contribution in [2.24, 2.45) is 0 Å². The van der Waals surface area contributed by atoms with Gasteiger partial charge in [0.25, 0.3) is 0 Å². The molecule has 1 atom stereocenters. The summed E-state index contributed by atoms with van der Waals surface area (Å²) in [6.07, 6.45) is -3.89. The van der Waals surface area contributed by atoms with Crippen molar-refractivity contribution < 1.29 is 22.6 Å². The van der Waals surface area contributed by atoms with Crippen molar-refractivity contribution in [2.75, 3.05) is 13.7 Å². The van der Waals surface area contributed by atoms with E-state index < -0.39 is 11.8 Å². The van der Waals surface area contributed by atoms with E-state index in [1.165, 1.54) is 0 Å². The monoisotopic (exact) mass is 260 g/mol. The largest absolute Gasteiger partial charge is 0.497 e. The highest BCUT2D eigenvalue weighted by Gasteiger charge is 2.59. The lowest BCUT2D eigenvalue weighted by Crippen LogP contribution is -2.55. The van der Waals surface area contributed by atoms with Gasteiger partial charge in [-0.2, -0.15) is 13.2 Å². The van der Waals surface area contributed by atoms with Crippen LogP contribution in [0.5, 0.6) is 5.75 Å². The molecule has 1 aromatic rings. The van der Waals surface area contributed by atoms with Crippen LogP contribution in [0.1, 0.15) is 18.4 Å². The molecule has 1 heterocycles. The van der Waals surface area contributed by atoms with Crippen LogP contribution >= 0.6 is 0 Å². The minimum Gasteiger partial charge on any atom is -0.497 e. The van der Waals surface area contributed by atoms with Gasteiger partial charge in [0.15, 0.2) is 5.60 Å². The molecule has 1 aromatic carbocycles. The Morgan fingerprint density at radius 2 is 1.89 bits per heavy atom. The summed E-state index contributed by atoms with van der Waals surface area (Å²) >= 11 is 0. The van der Waals surface area contributed by atoms with Gasteiger partial charge in [-0.25, -0.2) is 0 Å². The molecule has 1 fully saturated rings. The summed E-state index contributed by atoms with van der Waals surface area (Å²) in [5, 5.41) is 0. The predicted molar refractivity (Wildman–Crippen MR) is 60.7 cm³/mol. The van der Waals surface area contributed by atoms with Crippen LogP contribution in [0.25, 0.3) is 0 Å². The van der Waals surface area contributed by atoms with Crippen LogP contribution in [0.4, 0.5) is 13.2 Å². The highest BCUT2D eigenvalue weighted by molar-refractivity contribution is 5.27. The first-order chi connectivity index (χ1) is 8.47. The average Bonchev–Trinajstić information content (AvgIpc) is 2.26. The summed E-state index contributed by atoms with van der Waals surface area (Å²) in [7, 11) is 1.55. The number of methoxy groups -OCH3 is 1. The Morgan fingerprint density at radius 1 is 1.28 bits per heavy atom. The third-order valence-electron chi connectivity index (χ3n) is 3.38. The maximum atomic E-state index is 12.8. The molecule has 0 spiro atoms. The molecule has 1 saturated heterocycles. The van der Waals surface area contributed by atoms with E-state index in [-0.39, 0.29) is 19.4 Å². The van der Waals surface area contributed by atoms with Crippen molar-refractivity contribution in [1.29, 1.82) is 0 Å². The molecule has 0 saturated carbocycles. The maximum Gasteiger partial charge on any atom is 0.417 e. The molecule has 2 nitrogen and oxygen atoms in total. The molecule has 2 rings (SSSR count). The zero-order valence-electron chi connectivity index (χ0n) is 10.1. The van der Waals surface area contributed by atoms with Crippen LogP contribution < -0.4 is 4.74 Å². The Bertz CT molecular complexity index is 394. The predicted octanol–water partition coefficient (Wildman–Crippen LogP) is 3.35. The first kappa shape index (κ1) is 13.2. The number of hydrogen-bond acceptors (Lipinski definition) is 2. The highest BCUT2D eigenvalue weighted by Crippen LogP contribution is 2.45. The molecule has 0 amide bonds. The Balaban J connectivity index is 1.98. The number of aryl methyl sites for hydroxylation is 1. The van der Waals surface area contributed by atoms with Gasteiger partial charge in [0.2, 0.25) is 0 Å². The topological polar surface area (TPSA) is 18.5 Å². The molecule has 1 unspecified atom stereocenters. The summed E-state index contributed by atoms with van der Waals surface area (Å²) < 4.78 is 48.3. The third kappa shape index (κ3) is 2.46. The van der Waals surface area contributed by atoms with Gasteiger partial charge in [0.05, 0.1) is 13.7 Å². The van der Waals surface area contributed by atoms with Crippen molar-refractivity contribution in [3.8, 4) is 5.75 Å². The van der Waals surface area contributed by atoms with Gasteiger partial charge in [0.1, 0.15) is 5.75 Å². The summed E-state index contributed by atoms with van der Waals surface area (Å²) in [6.45, 7) is 0.197. The SMILES string of the molecule is COc1ccc(CCC2(C(F)(F)F)CCO2)cc1. The van der Waals surface area contributed by atoms with Gasteiger partial charge in [-0.3, -0.25) is 0 Å². The van der Waals surface area contributed by atoms with E-state index in [0.717, 1.165) is 5.56 Å². The fourth-order valence-electron chi connectivity index (χ4n) is 2.05. The van der Waals surface area contributed by atoms with Crippen LogP contribution in [0.2, 0.25) is 0 Å². The van der Waals surface area contributed by atoms with Gasteiger partial charge in [-0.05, 0) is 30.5 Å². The van der Waals surface area contributed by atoms with Crippen LogP contribution in [-0.4, -0.2) is 25.5 Å². The number of ether oxygens (including phenoxy) is 2. The number of hydrogen-bond donors (Lipinski definition) is 0. The molecule has 18 heavy (non-hydrogen) atoms. The lowest BCUT2D eigenvalue weighted by molar-refractivity contribution is -0.327. The van der Waals surface area contributed by atoms with Gasteiger partial charge in [-0.1, -0.05) is 12.1 Å². The quantitative estimate of drug-likeness (QED) is 0.826. The van der Waals surface area contributed by atoms with Crippen LogP contribution in [0.15, 0.2) is 24.3 Å². The second-order valence-corrected chi connectivity index (χ2v) is 4.44. The lowest BCUT2D eigenvalue weighted by atomic mass is 9.87. The van der Waals surface area contributed by atoms with Crippen LogP contribution in [0.3, 0.4) is 0 Å². The molecular weight excluding hydrogens is 245 g/mol. The average molecular weight is 260 g/mol. The zero-order chi connectivity index (χ0) is 13.2. The number of rotatable bonds is 4. The summed E-state index contributed by atoms with van der Waals surface area (Å²) in [5.74, 6) is 0.698. The van der Waals surface area contributed by atoms with E-state index in [2.05, 4.69) is 0 Å². The van der Waals surface area contributed by atoms with E-state index in [0.29, 0.717) is 12.2 Å². The van der Waals surface area contributed by atoms with Gasteiger partial charge in [0, 0.05) is 6.42 Å². The van der Waals surface area contributed by atoms with Crippen LogP contribution in [0, 0.1) is 0 Å². The van der Waals surface area contributed by atoms with Crippen molar-refractivity contribution in [2.45, 2.75) is 31.0 Å². The Kier molecular flexibility index (Phi) is 3.52. The molecule has 5 heteroatoms. The van der Waals surface area contributed by atoms with Crippen molar-refractivity contribution in [1.82, 2.24) is 0 Å². The summed E-state index contributed by atoms with van der Waals surface area (Å²) in [4.78, 5) is 0. The highest BCUT2D eigenvalue weighted by atomic mass is 19.4. The Hall–Kier alpha value is -1.23. The van der Waals surface area contributed by atoms with E-state index in [9.17, 15) is 13.2 Å². The molecule has 0 aromatic heterocycles. The van der Waals surface area contributed by atoms with Crippen molar-refractivity contribution >= 4 is 0 Å². The fourth-order valence-corrected chi connectivity index (χ4v) is 2.05. The van der Waals surface area contributed by atoms with E-state index in [1.807, 2.05) is 0 Å². The Labute approximate surface area is 104 Å². The number of benzene rings is 1. The van der Waals surface area contributed by atoms with Gasteiger partial charge >= 0.3 is 6.18 Å². The Morgan fingerprint density at radius 3 is 2.28 bits per heavy atom. The normalized spacial score (nSPS) is 23.6. The standard InChI is InChI=1S/C13H15F3O2/c1-17-11-4-2-10(3-5-11)6-7-12(8-9-18-12)13(14,15)16/h2-5H,6-9H2,1H3. The fraction of sp³-hybridized carbons (Fsp3) is 0.538. The minimum atomic E-state index is -4.28. The first-order valence-corrected chi connectivity index (χ1v) is 5.80. The smallest absolute Gasteiger partial charge is 0.417 e. The molecule has 1 aliphatic heterocycles. The van der Waals surface area contributed by atoms with Crippen molar-refractivity contribution in [3.05, 3.63) is 29.8 Å². The summed E-state index contributed by atoms with van der Waals surface area (Å²) in [6, 6.07) is 7.05. The molecule has 1 aliphatic rings.